The minimum Gasteiger partial charge on any atom is -0.0917 e. The van der Waals surface area contributed by atoms with Gasteiger partial charge in [-0.1, -0.05) is 86.5 Å². The smallest absolute Gasteiger partial charge is 0.0917 e. The van der Waals surface area contributed by atoms with E-state index < -0.39 is 0 Å². The second-order valence-corrected chi connectivity index (χ2v) is 24.7. The number of hydrogen-bond donors (Lipinski definition) is 0. The average molecular weight is 588 g/mol. The summed E-state index contributed by atoms with van der Waals surface area (Å²) in [5.41, 5.74) is 0. The summed E-state index contributed by atoms with van der Waals surface area (Å²) in [7, 11) is 0. The third kappa shape index (κ3) is 2.46. The molecule has 1 unspecified atom stereocenters. The lowest BCUT2D eigenvalue weighted by atomic mass is 10.6. The minimum absolute atomic E-state index is 0.0454. The molecule has 4 fully saturated rings. The Hall–Kier alpha value is 4.02. The maximum absolute atomic E-state index is 3.90. The van der Waals surface area contributed by atoms with Crippen LogP contribution in [0.4, 0.5) is 0 Å². The van der Waals surface area contributed by atoms with Crippen LogP contribution >= 0.6 is 134 Å². The number of halogens is 4. The molecule has 0 saturated carbocycles. The second-order valence-electron chi connectivity index (χ2n) is 3.28. The predicted octanol–water partition coefficient (Wildman–Crippen LogP) is 6.88. The molecule has 0 nitrogen and oxygen atoms in total. The first kappa shape index (κ1) is 14.9. The number of hydrogen-bond acceptors (Lipinski definition) is 6. The van der Waals surface area contributed by atoms with Gasteiger partial charge in [-0.3, -0.25) is 0 Å². The van der Waals surface area contributed by atoms with Crippen molar-refractivity contribution >= 4 is 134 Å². The van der Waals surface area contributed by atoms with Crippen molar-refractivity contribution in [2.75, 3.05) is 0 Å². The Morgan fingerprint density at radius 1 is 0.750 bits per heavy atom. The highest BCUT2D eigenvalue weighted by molar-refractivity contribution is 9.25. The summed E-state index contributed by atoms with van der Waals surface area (Å²) >= 11 is 27.4. The molecule has 0 amide bonds. The molecule has 0 aromatic carbocycles. The van der Waals surface area contributed by atoms with Gasteiger partial charge in [0.05, 0.1) is 0 Å². The molecule has 92 valence electrons. The molecule has 0 aliphatic carbocycles. The van der Waals surface area contributed by atoms with E-state index in [1.54, 1.807) is 0 Å². The van der Waals surface area contributed by atoms with Crippen molar-refractivity contribution in [1.82, 2.24) is 0 Å². The van der Waals surface area contributed by atoms with Crippen LogP contribution in [0.2, 0.25) is 0 Å². The Balaban J connectivity index is 2.07. The van der Waals surface area contributed by atoms with E-state index in [0.29, 0.717) is 4.83 Å². The molecule has 0 aromatic heterocycles. The topological polar surface area (TPSA) is 0 Å². The maximum Gasteiger partial charge on any atom is 0.170 e. The van der Waals surface area contributed by atoms with E-state index >= 15 is 0 Å². The quantitative estimate of drug-likeness (QED) is 0.305. The van der Waals surface area contributed by atoms with Gasteiger partial charge in [-0.25, -0.2) is 0 Å². The highest BCUT2D eigenvalue weighted by Gasteiger charge is 2.72. The Bertz CT molecular complexity index is 296. The molecule has 0 radical (unpaired) electrons. The Morgan fingerprint density at radius 3 is 1.31 bits per heavy atom. The fourth-order valence-corrected chi connectivity index (χ4v) is 34.0. The van der Waals surface area contributed by atoms with Crippen LogP contribution in [0, 0.1) is 0 Å². The predicted molar refractivity (Wildman–Crippen MR) is 102 cm³/mol. The molecule has 16 heavy (non-hydrogen) atoms. The van der Waals surface area contributed by atoms with Gasteiger partial charge in [0.15, 0.2) is 6.96 Å². The number of thioether (sulfide) groups is 6. The van der Waals surface area contributed by atoms with Gasteiger partial charge in [0, 0.05) is 4.83 Å². The van der Waals surface area contributed by atoms with Crippen molar-refractivity contribution in [2.24, 2.45) is 0 Å². The van der Waals surface area contributed by atoms with Crippen molar-refractivity contribution in [2.45, 2.75) is 22.1 Å². The van der Waals surface area contributed by atoms with Crippen LogP contribution in [0.25, 0.3) is 0 Å². The van der Waals surface area contributed by atoms with Gasteiger partial charge in [-0.15, -0.1) is 0 Å². The molecule has 4 aliphatic rings. The normalized spacial score (nSPS) is 61.3. The minimum atomic E-state index is 0.0454. The molecular formula is C6H4Br4S6. The summed E-state index contributed by atoms with van der Waals surface area (Å²) in [5.74, 6) is 0. The van der Waals surface area contributed by atoms with Crippen molar-refractivity contribution in [1.29, 1.82) is 0 Å². The highest BCUT2D eigenvalue weighted by Crippen LogP contribution is 2.92. The monoisotopic (exact) mass is 584 g/mol. The molecule has 1 atom stereocenters. The van der Waals surface area contributed by atoms with Crippen LogP contribution in [0.5, 0.6) is 0 Å². The Kier molecular flexibility index (Phi) is 4.21. The first-order chi connectivity index (χ1) is 7.19. The molecule has 4 bridgehead atoms. The third-order valence-electron chi connectivity index (χ3n) is 2.01. The van der Waals surface area contributed by atoms with Crippen molar-refractivity contribution in [3.63, 3.8) is 0 Å². The van der Waals surface area contributed by atoms with Crippen LogP contribution < -0.4 is 0 Å². The Labute approximate surface area is 154 Å². The van der Waals surface area contributed by atoms with E-state index in [2.05, 4.69) is 70.6 Å². The molecule has 10 heteroatoms. The first-order valence-electron chi connectivity index (χ1n) is 4.10. The summed E-state index contributed by atoms with van der Waals surface area (Å²) in [6.07, 6.45) is 0. The molecule has 0 N–H and O–H groups in total. The standard InChI is InChI=1S/C6H4Br4S6/c1-2(7)3-11-4(8)14-5(9,12-3)16-6(10,13-3)15-4/h2H,1H3. The van der Waals surface area contributed by atoms with Gasteiger partial charge in [0.25, 0.3) is 0 Å². The lowest BCUT2D eigenvalue weighted by molar-refractivity contribution is 1.04. The van der Waals surface area contributed by atoms with Gasteiger partial charge < -0.3 is 0 Å². The summed E-state index contributed by atoms with van der Waals surface area (Å²) in [5, 5.41) is 0. The van der Waals surface area contributed by atoms with Crippen molar-refractivity contribution in [3.05, 3.63) is 0 Å². The molecule has 4 aliphatic heterocycles. The summed E-state index contributed by atoms with van der Waals surface area (Å²) in [6.45, 7) is 2.24. The van der Waals surface area contributed by atoms with Gasteiger partial charge in [0.2, 0.25) is 0 Å². The molecular weight excluding hydrogens is 584 g/mol. The highest BCUT2D eigenvalue weighted by atomic mass is 79.9. The van der Waals surface area contributed by atoms with E-state index in [4.69, 9.17) is 0 Å². The summed E-state index contributed by atoms with van der Waals surface area (Å²) in [6, 6.07) is 0. The fraction of sp³-hybridized carbons (Fsp3) is 1.00. The molecule has 4 heterocycles. The fourth-order valence-electron chi connectivity index (χ4n) is 1.44. The number of alkyl halides is 4. The lowest BCUT2D eigenvalue weighted by Crippen LogP contribution is -2.50. The third-order valence-corrected chi connectivity index (χ3v) is 18.1. The van der Waals surface area contributed by atoms with E-state index in [9.17, 15) is 0 Å². The molecule has 4 rings (SSSR count). The zero-order valence-corrected chi connectivity index (χ0v) is 18.8. The van der Waals surface area contributed by atoms with Crippen LogP contribution in [-0.4, -0.2) is 15.2 Å². The maximum atomic E-state index is 3.90. The number of rotatable bonds is 1. The molecule has 0 spiro atoms. The van der Waals surface area contributed by atoms with Gasteiger partial charge in [-0.05, 0) is 54.7 Å². The largest absolute Gasteiger partial charge is 0.170 e. The van der Waals surface area contributed by atoms with Crippen molar-refractivity contribution in [3.8, 4) is 0 Å². The molecule has 4 saturated heterocycles. The van der Waals surface area contributed by atoms with Gasteiger partial charge in [-0.2, -0.15) is 0 Å². The van der Waals surface area contributed by atoms with Crippen LogP contribution in [0.1, 0.15) is 6.92 Å². The SMILES string of the molecule is CC(Br)C12SC3(Br)SC(Br)(SC(Br)(S3)S1)S2. The lowest BCUT2D eigenvalue weighted by Gasteiger charge is -2.63. The van der Waals surface area contributed by atoms with E-state index in [-0.39, 0.29) is 10.4 Å². The summed E-state index contributed by atoms with van der Waals surface area (Å²) < 4.78 is 0.287. The van der Waals surface area contributed by atoms with E-state index in [1.807, 2.05) is 70.6 Å². The summed E-state index contributed by atoms with van der Waals surface area (Å²) in [4.78, 5) is 0.452. The second kappa shape index (κ2) is 4.51. The zero-order chi connectivity index (χ0) is 11.8. The van der Waals surface area contributed by atoms with Gasteiger partial charge >= 0.3 is 0 Å². The van der Waals surface area contributed by atoms with Crippen LogP contribution in [0.3, 0.4) is 0 Å². The molecule has 0 aromatic rings. The van der Waals surface area contributed by atoms with E-state index in [0.717, 1.165) is 0 Å². The van der Waals surface area contributed by atoms with Crippen LogP contribution in [-0.2, 0) is 0 Å². The average Bonchev–Trinajstić information content (AvgIpc) is 1.92. The van der Waals surface area contributed by atoms with E-state index in [1.165, 1.54) is 0 Å². The van der Waals surface area contributed by atoms with Crippen LogP contribution in [0.15, 0.2) is 0 Å². The Morgan fingerprint density at radius 2 is 1.06 bits per heavy atom. The first-order valence-corrected chi connectivity index (χ1v) is 12.3. The van der Waals surface area contributed by atoms with Crippen molar-refractivity contribution < 1.29 is 0 Å². The zero-order valence-electron chi connectivity index (χ0n) is 7.54. The van der Waals surface area contributed by atoms with Gasteiger partial charge in [0.1, 0.15) is 3.41 Å².